The van der Waals surface area contributed by atoms with Crippen molar-refractivity contribution >= 4 is 0 Å². The first-order valence-electron chi connectivity index (χ1n) is 7.76. The fourth-order valence-electron chi connectivity index (χ4n) is 2.99. The Kier molecular flexibility index (Phi) is 5.78. The van der Waals surface area contributed by atoms with Gasteiger partial charge in [-0.05, 0) is 55.5 Å². The van der Waals surface area contributed by atoms with Gasteiger partial charge in [0, 0.05) is 0 Å². The van der Waals surface area contributed by atoms with Crippen LogP contribution >= 0.6 is 0 Å². The Labute approximate surface area is 136 Å². The zero-order valence-electron chi connectivity index (χ0n) is 14.0. The smallest absolute Gasteiger partial charge is 0.184 e. The normalized spacial score (nSPS) is 31.4. The van der Waals surface area contributed by atoms with Gasteiger partial charge < -0.3 is 29.9 Å². The van der Waals surface area contributed by atoms with Crippen LogP contribution in [0.4, 0.5) is 0 Å². The van der Waals surface area contributed by atoms with Crippen LogP contribution in [0.2, 0.25) is 0 Å². The fraction of sp³-hybridized carbons (Fsp3) is 0.647. The molecule has 6 heteroatoms. The van der Waals surface area contributed by atoms with E-state index in [2.05, 4.69) is 6.07 Å². The van der Waals surface area contributed by atoms with E-state index in [4.69, 9.17) is 14.6 Å². The van der Waals surface area contributed by atoms with Crippen LogP contribution in [0.15, 0.2) is 6.07 Å². The Hall–Kier alpha value is -1.02. The van der Waals surface area contributed by atoms with E-state index in [-0.39, 0.29) is 6.61 Å². The third kappa shape index (κ3) is 3.57. The molecule has 1 heterocycles. The quantitative estimate of drug-likeness (QED) is 0.632. The fourth-order valence-corrected chi connectivity index (χ4v) is 2.99. The molecule has 0 spiro atoms. The number of aliphatic hydroxyl groups excluding tert-OH is 4. The molecule has 0 aromatic heterocycles. The van der Waals surface area contributed by atoms with Crippen LogP contribution in [-0.2, 0) is 16.1 Å². The monoisotopic (exact) mass is 326 g/mol. The van der Waals surface area contributed by atoms with E-state index in [1.807, 2.05) is 27.7 Å². The average molecular weight is 326 g/mol. The highest BCUT2D eigenvalue weighted by Gasteiger charge is 2.44. The number of aryl methyl sites for hydroxylation is 2. The third-order valence-electron chi connectivity index (χ3n) is 4.78. The second kappa shape index (κ2) is 7.25. The lowest BCUT2D eigenvalue weighted by atomic mass is 9.94. The Bertz CT molecular complexity index is 559. The largest absolute Gasteiger partial charge is 0.394 e. The molecule has 1 fully saturated rings. The number of hydrogen-bond acceptors (Lipinski definition) is 6. The molecule has 6 nitrogen and oxygen atoms in total. The second-order valence-electron chi connectivity index (χ2n) is 6.24. The molecule has 0 amide bonds. The molecular weight excluding hydrogens is 300 g/mol. The van der Waals surface area contributed by atoms with Crippen molar-refractivity contribution in [2.45, 2.75) is 65.0 Å². The number of ether oxygens (including phenoxy) is 2. The topological polar surface area (TPSA) is 99.4 Å². The molecule has 4 N–H and O–H groups in total. The van der Waals surface area contributed by atoms with Gasteiger partial charge >= 0.3 is 0 Å². The van der Waals surface area contributed by atoms with E-state index in [9.17, 15) is 15.3 Å². The first-order valence-corrected chi connectivity index (χ1v) is 7.76. The summed E-state index contributed by atoms with van der Waals surface area (Å²) >= 11 is 0. The van der Waals surface area contributed by atoms with Gasteiger partial charge in [-0.25, -0.2) is 0 Å². The molecule has 1 aliphatic heterocycles. The predicted molar refractivity (Wildman–Crippen MR) is 83.9 cm³/mol. The molecule has 1 aromatic rings. The Balaban J connectivity index is 2.13. The molecule has 1 saturated heterocycles. The average Bonchev–Trinajstić information content (AvgIpc) is 2.51. The van der Waals surface area contributed by atoms with Gasteiger partial charge in [-0.15, -0.1) is 0 Å². The van der Waals surface area contributed by atoms with E-state index in [1.165, 1.54) is 11.1 Å². The summed E-state index contributed by atoms with van der Waals surface area (Å²) in [6.45, 7) is 7.78. The van der Waals surface area contributed by atoms with Crippen LogP contribution < -0.4 is 0 Å². The Morgan fingerprint density at radius 3 is 2.26 bits per heavy atom. The first kappa shape index (κ1) is 18.3. The number of rotatable bonds is 4. The summed E-state index contributed by atoms with van der Waals surface area (Å²) in [4.78, 5) is 0. The lowest BCUT2D eigenvalue weighted by molar-refractivity contribution is -0.298. The molecule has 2 rings (SSSR count). The maximum atomic E-state index is 10.1. The maximum absolute atomic E-state index is 10.1. The van der Waals surface area contributed by atoms with Gasteiger partial charge in [0.05, 0.1) is 13.2 Å². The molecule has 0 unspecified atom stereocenters. The van der Waals surface area contributed by atoms with Crippen molar-refractivity contribution in [3.8, 4) is 0 Å². The van der Waals surface area contributed by atoms with Gasteiger partial charge in [0.2, 0.25) is 0 Å². The maximum Gasteiger partial charge on any atom is 0.184 e. The van der Waals surface area contributed by atoms with Gasteiger partial charge in [-0.2, -0.15) is 0 Å². The van der Waals surface area contributed by atoms with Gasteiger partial charge in [0.15, 0.2) is 6.29 Å². The molecule has 0 aliphatic carbocycles. The molecule has 23 heavy (non-hydrogen) atoms. The summed E-state index contributed by atoms with van der Waals surface area (Å²) in [7, 11) is 0. The summed E-state index contributed by atoms with van der Waals surface area (Å²) < 4.78 is 10.7. The van der Waals surface area contributed by atoms with Crippen molar-refractivity contribution in [3.05, 3.63) is 33.9 Å². The van der Waals surface area contributed by atoms with Crippen LogP contribution in [0.5, 0.6) is 0 Å². The molecule has 1 aliphatic rings. The van der Waals surface area contributed by atoms with E-state index >= 15 is 0 Å². The highest BCUT2D eigenvalue weighted by molar-refractivity contribution is 5.43. The minimum absolute atomic E-state index is 0.192. The number of benzene rings is 1. The molecule has 5 atom stereocenters. The Morgan fingerprint density at radius 2 is 1.65 bits per heavy atom. The van der Waals surface area contributed by atoms with E-state index in [1.54, 1.807) is 0 Å². The van der Waals surface area contributed by atoms with Crippen molar-refractivity contribution in [1.82, 2.24) is 0 Å². The van der Waals surface area contributed by atoms with E-state index in [0.29, 0.717) is 0 Å². The lowest BCUT2D eigenvalue weighted by Crippen LogP contribution is -2.59. The van der Waals surface area contributed by atoms with Crippen molar-refractivity contribution in [3.63, 3.8) is 0 Å². The summed E-state index contributed by atoms with van der Waals surface area (Å²) in [6, 6.07) is 2.07. The molecule has 1 aromatic carbocycles. The van der Waals surface area contributed by atoms with Crippen LogP contribution in [0.25, 0.3) is 0 Å². The molecular formula is C17H26O6. The first-order chi connectivity index (χ1) is 10.8. The van der Waals surface area contributed by atoms with Crippen LogP contribution in [0.3, 0.4) is 0 Å². The van der Waals surface area contributed by atoms with Gasteiger partial charge in [0.1, 0.15) is 24.4 Å². The molecule has 0 bridgehead atoms. The summed E-state index contributed by atoms with van der Waals surface area (Å²) in [5.74, 6) is 0. The minimum atomic E-state index is -1.40. The van der Waals surface area contributed by atoms with Crippen LogP contribution in [0.1, 0.15) is 27.8 Å². The lowest BCUT2D eigenvalue weighted by Gasteiger charge is -2.39. The van der Waals surface area contributed by atoms with Gasteiger partial charge in [-0.1, -0.05) is 6.07 Å². The van der Waals surface area contributed by atoms with Crippen LogP contribution in [0, 0.1) is 27.7 Å². The third-order valence-corrected chi connectivity index (χ3v) is 4.78. The summed E-state index contributed by atoms with van der Waals surface area (Å²) in [6.07, 6.45) is -6.14. The summed E-state index contributed by atoms with van der Waals surface area (Å²) in [5.41, 5.74) is 5.55. The Morgan fingerprint density at radius 1 is 1.00 bits per heavy atom. The zero-order valence-corrected chi connectivity index (χ0v) is 14.0. The molecule has 130 valence electrons. The minimum Gasteiger partial charge on any atom is -0.394 e. The van der Waals surface area contributed by atoms with Crippen molar-refractivity contribution in [1.29, 1.82) is 0 Å². The van der Waals surface area contributed by atoms with Crippen molar-refractivity contribution in [2.75, 3.05) is 6.61 Å². The predicted octanol–water partition coefficient (Wildman–Crippen LogP) is 0.237. The zero-order chi connectivity index (χ0) is 17.3. The molecule has 0 saturated carbocycles. The highest BCUT2D eigenvalue weighted by atomic mass is 16.7. The van der Waals surface area contributed by atoms with Gasteiger partial charge in [-0.3, -0.25) is 0 Å². The van der Waals surface area contributed by atoms with Gasteiger partial charge in [0.25, 0.3) is 0 Å². The SMILES string of the molecule is Cc1cc(C)c(CO[C@@H]2[C@@H](O)[C@H](O)[C@@H](CO)O[C@@H]2O)c(C)c1C. The standard InChI is InChI=1S/C17H26O6/c1-8-5-9(2)12(11(4)10(8)3)7-22-16-15(20)14(19)13(6-18)23-17(16)21/h5,13-21H,6-7H2,1-4H3/t13-,14-,15+,16-,17+/m1/s1. The van der Waals surface area contributed by atoms with E-state index < -0.39 is 37.3 Å². The number of hydrogen-bond donors (Lipinski definition) is 4. The van der Waals surface area contributed by atoms with Crippen LogP contribution in [-0.4, -0.2) is 57.7 Å². The van der Waals surface area contributed by atoms with Crippen molar-refractivity contribution in [2.24, 2.45) is 0 Å². The highest BCUT2D eigenvalue weighted by Crippen LogP contribution is 2.26. The number of aliphatic hydroxyl groups is 4. The summed E-state index contributed by atoms with van der Waals surface area (Å²) in [5, 5.41) is 39.0. The van der Waals surface area contributed by atoms with Crippen molar-refractivity contribution < 1.29 is 29.9 Å². The second-order valence-corrected chi connectivity index (χ2v) is 6.24. The molecule has 0 radical (unpaired) electrons. The van der Waals surface area contributed by atoms with E-state index in [0.717, 1.165) is 16.7 Å².